The highest BCUT2D eigenvalue weighted by atomic mass is 19.1. The van der Waals surface area contributed by atoms with Crippen LogP contribution in [0, 0.1) is 30.5 Å². The van der Waals surface area contributed by atoms with Crippen molar-refractivity contribution in [1.29, 1.82) is 0 Å². The van der Waals surface area contributed by atoms with Crippen LogP contribution in [0.4, 0.5) is 10.2 Å². The molecule has 5 aliphatic rings. The molecule has 8 nitrogen and oxygen atoms in total. The minimum absolute atomic E-state index is 0.0995. The smallest absolute Gasteiger partial charge is 0.318 e. The van der Waals surface area contributed by atoms with Gasteiger partial charge in [-0.2, -0.15) is 9.97 Å². The van der Waals surface area contributed by atoms with E-state index < -0.39 is 5.82 Å². The second-order valence-corrected chi connectivity index (χ2v) is 15.6. The molecule has 5 heterocycles. The number of phenols is 1. The Hall–Kier alpha value is -3.97. The molecule has 4 aromatic rings. The fourth-order valence-electron chi connectivity index (χ4n) is 9.12. The Kier molecular flexibility index (Phi) is 7.31. The van der Waals surface area contributed by atoms with Crippen LogP contribution in [0.1, 0.15) is 68.6 Å². The molecule has 49 heavy (non-hydrogen) atoms. The first-order valence-corrected chi connectivity index (χ1v) is 18.0. The van der Waals surface area contributed by atoms with E-state index in [-0.39, 0.29) is 22.6 Å². The fraction of sp³-hybridized carbons (Fsp3) is 0.500. The third kappa shape index (κ3) is 5.31. The van der Waals surface area contributed by atoms with Gasteiger partial charge < -0.3 is 24.8 Å². The molecule has 9 rings (SSSR count). The molecule has 9 heteroatoms. The molecule has 2 unspecified atom stereocenters. The summed E-state index contributed by atoms with van der Waals surface area (Å²) in [6.07, 6.45) is 12.1. The van der Waals surface area contributed by atoms with E-state index in [4.69, 9.17) is 25.9 Å². The van der Waals surface area contributed by atoms with Crippen LogP contribution in [-0.2, 0) is 4.74 Å². The maximum Gasteiger partial charge on any atom is 0.318 e. The number of fused-ring (bicyclic) bond motifs is 6. The van der Waals surface area contributed by atoms with Crippen LogP contribution in [0.2, 0.25) is 0 Å². The number of nitrogens with one attached hydrogen (secondary N) is 1. The zero-order valence-corrected chi connectivity index (χ0v) is 28.6. The van der Waals surface area contributed by atoms with Crippen molar-refractivity contribution in [2.75, 3.05) is 44.3 Å². The predicted molar refractivity (Wildman–Crippen MR) is 190 cm³/mol. The van der Waals surface area contributed by atoms with Crippen molar-refractivity contribution in [3.05, 3.63) is 52.8 Å². The highest BCUT2D eigenvalue weighted by Crippen LogP contribution is 2.49. The summed E-state index contributed by atoms with van der Waals surface area (Å²) in [4.78, 5) is 15.4. The van der Waals surface area contributed by atoms with Crippen molar-refractivity contribution in [2.24, 2.45) is 5.41 Å². The summed E-state index contributed by atoms with van der Waals surface area (Å²) >= 11 is 0. The monoisotopic (exact) mass is 661 g/mol. The zero-order valence-electron chi connectivity index (χ0n) is 28.6. The van der Waals surface area contributed by atoms with Crippen LogP contribution in [0.5, 0.6) is 11.8 Å². The molecule has 3 aromatic carbocycles. The molecular formula is C40H44FN5O3. The zero-order chi connectivity index (χ0) is 33.6. The number of phenolic OH excluding ortho intramolecular Hbond substituents is 1. The van der Waals surface area contributed by atoms with Gasteiger partial charge in [0.25, 0.3) is 0 Å². The van der Waals surface area contributed by atoms with Gasteiger partial charge in [-0.3, -0.25) is 4.90 Å². The van der Waals surface area contributed by atoms with Gasteiger partial charge in [0.1, 0.15) is 17.4 Å². The first-order chi connectivity index (χ1) is 23.7. The quantitative estimate of drug-likeness (QED) is 0.214. The molecule has 2 N–H and O–H groups in total. The van der Waals surface area contributed by atoms with Gasteiger partial charge in [-0.25, -0.2) is 4.39 Å². The average Bonchev–Trinajstić information content (AvgIpc) is 3.34. The Morgan fingerprint density at radius 1 is 1.14 bits per heavy atom. The lowest BCUT2D eigenvalue weighted by Gasteiger charge is -2.35. The van der Waals surface area contributed by atoms with E-state index in [0.717, 1.165) is 85.5 Å². The number of piperazine rings is 1. The van der Waals surface area contributed by atoms with Gasteiger partial charge in [0.2, 0.25) is 0 Å². The second kappa shape index (κ2) is 11.5. The van der Waals surface area contributed by atoms with Crippen LogP contribution in [0.25, 0.3) is 32.8 Å². The van der Waals surface area contributed by atoms with Crippen LogP contribution in [0.15, 0.2) is 30.3 Å². The van der Waals surface area contributed by atoms with E-state index in [0.29, 0.717) is 53.2 Å². The van der Waals surface area contributed by atoms with Gasteiger partial charge in [0.15, 0.2) is 0 Å². The van der Waals surface area contributed by atoms with E-state index >= 15 is 4.39 Å². The fourth-order valence-corrected chi connectivity index (χ4v) is 9.12. The van der Waals surface area contributed by atoms with Crippen molar-refractivity contribution in [2.45, 2.75) is 83.0 Å². The summed E-state index contributed by atoms with van der Waals surface area (Å²) in [5, 5.41) is 17.0. The third-order valence-electron chi connectivity index (χ3n) is 11.8. The van der Waals surface area contributed by atoms with Gasteiger partial charge >= 0.3 is 6.01 Å². The van der Waals surface area contributed by atoms with Crippen molar-refractivity contribution in [3.8, 4) is 35.2 Å². The average molecular weight is 662 g/mol. The Bertz CT molecular complexity index is 2030. The second-order valence-electron chi connectivity index (χ2n) is 15.6. The Labute approximate surface area is 287 Å². The predicted octanol–water partition coefficient (Wildman–Crippen LogP) is 6.28. The normalized spacial score (nSPS) is 25.5. The molecule has 0 radical (unpaired) electrons. The number of likely N-dealkylation sites (tertiary alicyclic amines) is 1. The summed E-state index contributed by atoms with van der Waals surface area (Å²) in [7, 11) is 0. The van der Waals surface area contributed by atoms with Crippen molar-refractivity contribution in [1.82, 2.24) is 20.2 Å². The van der Waals surface area contributed by atoms with Gasteiger partial charge in [0, 0.05) is 60.5 Å². The van der Waals surface area contributed by atoms with Gasteiger partial charge in [-0.05, 0) is 96.9 Å². The number of halogens is 1. The molecule has 5 fully saturated rings. The van der Waals surface area contributed by atoms with E-state index in [1.807, 2.05) is 0 Å². The number of benzene rings is 3. The molecule has 0 amide bonds. The lowest BCUT2D eigenvalue weighted by Crippen LogP contribution is -2.51. The Morgan fingerprint density at radius 3 is 2.61 bits per heavy atom. The molecule has 0 spiro atoms. The molecular weight excluding hydrogens is 617 g/mol. The topological polar surface area (TPSA) is 83.0 Å². The first kappa shape index (κ1) is 31.0. The third-order valence-corrected chi connectivity index (χ3v) is 11.8. The number of terminal acetylenes is 1. The molecule has 4 atom stereocenters. The number of anilines is 1. The molecule has 254 valence electrons. The number of hydrogen-bond donors (Lipinski definition) is 2. The van der Waals surface area contributed by atoms with E-state index in [9.17, 15) is 5.11 Å². The van der Waals surface area contributed by atoms with Crippen LogP contribution < -0.4 is 15.0 Å². The Morgan fingerprint density at radius 2 is 1.94 bits per heavy atom. The number of aromatic hydroxyl groups is 1. The maximum absolute atomic E-state index is 15.2. The van der Waals surface area contributed by atoms with Crippen molar-refractivity contribution >= 4 is 27.5 Å². The highest BCUT2D eigenvalue weighted by Gasteiger charge is 2.49. The number of aryl methyl sites for hydroxylation is 1. The Balaban J connectivity index is 1.18. The standard InChI is InChI=1S/C40H44FN5O3/c1-5-30-34(41)9-6-24-12-28(47)14-32(36(24)30)35-23(4)37-33(15-31(35)22(2)3)38(45-16-25-7-8-26(17-45)42-25)44-39(43-37)49-21-40(10-11-40)20-46-18-29-13-27(46)19-48-29/h1,6,9,12,14-15,22,25-27,29,42,47H,7-8,10-11,13,16-21H2,2-4H3/t25?,26?,27-,29-/m0/s1. The van der Waals surface area contributed by atoms with Crippen LogP contribution in [-0.4, -0.2) is 83.6 Å². The number of rotatable bonds is 8. The molecule has 1 aliphatic carbocycles. The minimum atomic E-state index is -0.455. The minimum Gasteiger partial charge on any atom is -0.508 e. The lowest BCUT2D eigenvalue weighted by molar-refractivity contribution is 0.0176. The maximum atomic E-state index is 15.2. The molecule has 4 saturated heterocycles. The number of morpholine rings is 1. The summed E-state index contributed by atoms with van der Waals surface area (Å²) in [5.41, 5.74) is 4.73. The molecule has 4 aliphatic heterocycles. The summed E-state index contributed by atoms with van der Waals surface area (Å²) in [5.74, 6) is 3.26. The molecule has 1 saturated carbocycles. The van der Waals surface area contributed by atoms with Gasteiger partial charge in [-0.1, -0.05) is 25.8 Å². The highest BCUT2D eigenvalue weighted by molar-refractivity contribution is 6.06. The van der Waals surface area contributed by atoms with E-state index in [1.165, 1.54) is 18.9 Å². The van der Waals surface area contributed by atoms with E-state index in [1.54, 1.807) is 18.2 Å². The van der Waals surface area contributed by atoms with Crippen LogP contribution >= 0.6 is 0 Å². The molecule has 4 bridgehead atoms. The number of nitrogens with zero attached hydrogens (tertiary/aromatic N) is 4. The number of ether oxygens (including phenoxy) is 2. The first-order valence-electron chi connectivity index (χ1n) is 18.0. The van der Waals surface area contributed by atoms with E-state index in [2.05, 4.69) is 47.9 Å². The summed E-state index contributed by atoms with van der Waals surface area (Å²) < 4.78 is 27.7. The van der Waals surface area contributed by atoms with Gasteiger partial charge in [0.05, 0.1) is 30.4 Å². The lowest BCUT2D eigenvalue weighted by atomic mass is 9.84. The van der Waals surface area contributed by atoms with Gasteiger partial charge in [-0.15, -0.1) is 6.42 Å². The van der Waals surface area contributed by atoms with Crippen molar-refractivity contribution in [3.63, 3.8) is 0 Å². The van der Waals surface area contributed by atoms with Crippen molar-refractivity contribution < 1.29 is 19.0 Å². The molecule has 1 aromatic heterocycles. The van der Waals surface area contributed by atoms with Crippen LogP contribution in [0.3, 0.4) is 0 Å². The largest absolute Gasteiger partial charge is 0.508 e. The number of aromatic nitrogens is 2. The SMILES string of the molecule is C#Cc1c(F)ccc2cc(O)cc(-c3c(C(C)C)cc4c(N5CC6CCC(C5)N6)nc(OCC5(CN6C[C@@H]7C[C@H]6CO7)CC5)nc4c3C)c12. The summed E-state index contributed by atoms with van der Waals surface area (Å²) in [6.45, 7) is 11.6. The number of hydrogen-bond acceptors (Lipinski definition) is 8. The summed E-state index contributed by atoms with van der Waals surface area (Å²) in [6, 6.07) is 10.4.